The molecule has 1 aliphatic heterocycles. The van der Waals surface area contributed by atoms with Crippen LogP contribution in [-0.2, 0) is 0 Å². The van der Waals surface area contributed by atoms with Gasteiger partial charge < -0.3 is 10.2 Å². The molecule has 1 fully saturated rings. The molecule has 6 heteroatoms. The zero-order valence-corrected chi connectivity index (χ0v) is 15.6. The Morgan fingerprint density at radius 3 is 2.67 bits per heavy atom. The number of nitrogens with zero attached hydrogens (tertiary/aromatic N) is 1. The first kappa shape index (κ1) is 17.7. The average molecular weight is 383 g/mol. The summed E-state index contributed by atoms with van der Waals surface area (Å²) in [6, 6.07) is 9.31. The van der Waals surface area contributed by atoms with Crippen molar-refractivity contribution in [3.8, 4) is 0 Å². The molecule has 0 saturated carbocycles. The van der Waals surface area contributed by atoms with Crippen LogP contribution in [0.1, 0.15) is 34.0 Å². The quantitative estimate of drug-likeness (QED) is 0.814. The highest BCUT2D eigenvalue weighted by atomic mass is 35.5. The van der Waals surface area contributed by atoms with Crippen LogP contribution >= 0.6 is 34.5 Å². The molecule has 1 saturated heterocycles. The van der Waals surface area contributed by atoms with E-state index in [2.05, 4.69) is 27.7 Å². The van der Waals surface area contributed by atoms with E-state index in [1.54, 1.807) is 18.2 Å². The van der Waals surface area contributed by atoms with Crippen molar-refractivity contribution in [3.63, 3.8) is 0 Å². The summed E-state index contributed by atoms with van der Waals surface area (Å²) < 4.78 is 0. The first-order valence-electron chi connectivity index (χ1n) is 8.12. The largest absolute Gasteiger partial charge is 0.351 e. The Balaban J connectivity index is 1.41. The van der Waals surface area contributed by atoms with Crippen LogP contribution in [0.3, 0.4) is 0 Å². The Hall–Kier alpha value is -1.07. The van der Waals surface area contributed by atoms with Gasteiger partial charge in [-0.1, -0.05) is 29.3 Å². The molecule has 1 aromatic heterocycles. The maximum atomic E-state index is 12.1. The van der Waals surface area contributed by atoms with Crippen molar-refractivity contribution in [3.05, 3.63) is 56.2 Å². The van der Waals surface area contributed by atoms with Crippen LogP contribution in [0.5, 0.6) is 0 Å². The second-order valence-electron chi connectivity index (χ2n) is 6.02. The van der Waals surface area contributed by atoms with Crippen molar-refractivity contribution in [2.45, 2.75) is 18.8 Å². The molecular formula is C18H20Cl2N2OS. The average Bonchev–Trinajstić information content (AvgIpc) is 3.12. The lowest BCUT2D eigenvalue weighted by molar-refractivity contribution is 0.0946. The summed E-state index contributed by atoms with van der Waals surface area (Å²) in [6.07, 6.45) is 2.39. The van der Waals surface area contributed by atoms with Crippen LogP contribution < -0.4 is 5.32 Å². The minimum atomic E-state index is -0.109. The molecule has 2 aromatic rings. The van der Waals surface area contributed by atoms with E-state index < -0.39 is 0 Å². The van der Waals surface area contributed by atoms with Crippen LogP contribution in [0.4, 0.5) is 0 Å². The molecule has 1 amide bonds. The molecule has 0 bridgehead atoms. The molecular weight excluding hydrogens is 363 g/mol. The van der Waals surface area contributed by atoms with E-state index in [1.807, 2.05) is 11.3 Å². The Labute approximate surface area is 156 Å². The predicted octanol–water partition coefficient (Wildman–Crippen LogP) is 4.66. The van der Waals surface area contributed by atoms with E-state index in [9.17, 15) is 4.79 Å². The van der Waals surface area contributed by atoms with Gasteiger partial charge in [-0.2, -0.15) is 0 Å². The van der Waals surface area contributed by atoms with Crippen molar-refractivity contribution in [1.82, 2.24) is 10.2 Å². The van der Waals surface area contributed by atoms with Gasteiger partial charge in [-0.3, -0.25) is 4.79 Å². The monoisotopic (exact) mass is 382 g/mol. The van der Waals surface area contributed by atoms with Crippen LogP contribution in [0, 0.1) is 0 Å². The van der Waals surface area contributed by atoms with Crippen LogP contribution in [0.2, 0.25) is 10.0 Å². The molecule has 1 aliphatic rings. The van der Waals surface area contributed by atoms with Gasteiger partial charge in [-0.15, -0.1) is 11.3 Å². The SMILES string of the molecule is O=C(NCCN1CCC(c2cccs2)CC1)c1ccc(Cl)c(Cl)c1. The number of nitrogens with one attached hydrogen (secondary N) is 1. The molecule has 24 heavy (non-hydrogen) atoms. The van der Waals surface area contributed by atoms with E-state index in [4.69, 9.17) is 23.2 Å². The van der Waals surface area contributed by atoms with Crippen molar-refractivity contribution < 1.29 is 4.79 Å². The Kier molecular flexibility index (Phi) is 6.17. The molecule has 0 unspecified atom stereocenters. The Bertz CT molecular complexity index is 682. The zero-order valence-electron chi connectivity index (χ0n) is 13.3. The van der Waals surface area contributed by atoms with Crippen molar-refractivity contribution >= 4 is 40.4 Å². The summed E-state index contributed by atoms with van der Waals surface area (Å²) in [5.41, 5.74) is 0.542. The number of hydrogen-bond donors (Lipinski definition) is 1. The van der Waals surface area contributed by atoms with Crippen molar-refractivity contribution in [1.29, 1.82) is 0 Å². The van der Waals surface area contributed by atoms with E-state index >= 15 is 0 Å². The van der Waals surface area contributed by atoms with Gasteiger partial charge in [0.05, 0.1) is 10.0 Å². The molecule has 1 aromatic carbocycles. The number of carbonyl (C=O) groups excluding carboxylic acids is 1. The lowest BCUT2D eigenvalue weighted by Gasteiger charge is -2.31. The van der Waals surface area contributed by atoms with E-state index in [-0.39, 0.29) is 5.91 Å². The summed E-state index contributed by atoms with van der Waals surface area (Å²) in [4.78, 5) is 16.0. The molecule has 1 N–H and O–H groups in total. The maximum absolute atomic E-state index is 12.1. The van der Waals surface area contributed by atoms with Gasteiger partial charge in [-0.05, 0) is 61.5 Å². The fourth-order valence-corrected chi connectivity index (χ4v) is 4.23. The van der Waals surface area contributed by atoms with Crippen molar-refractivity contribution in [2.24, 2.45) is 0 Å². The first-order chi connectivity index (χ1) is 11.6. The van der Waals surface area contributed by atoms with Gasteiger partial charge in [0, 0.05) is 23.5 Å². The highest BCUT2D eigenvalue weighted by Gasteiger charge is 2.21. The van der Waals surface area contributed by atoms with E-state index in [1.165, 1.54) is 17.7 Å². The lowest BCUT2D eigenvalue weighted by atomic mass is 9.95. The third-order valence-electron chi connectivity index (χ3n) is 4.43. The second-order valence-corrected chi connectivity index (χ2v) is 7.81. The molecule has 0 radical (unpaired) electrons. The highest BCUT2D eigenvalue weighted by molar-refractivity contribution is 7.10. The Morgan fingerprint density at radius 1 is 1.21 bits per heavy atom. The third-order valence-corrected chi connectivity index (χ3v) is 6.20. The fourth-order valence-electron chi connectivity index (χ4n) is 3.03. The number of amides is 1. The minimum Gasteiger partial charge on any atom is -0.351 e. The van der Waals surface area contributed by atoms with Gasteiger partial charge >= 0.3 is 0 Å². The van der Waals surface area contributed by atoms with Gasteiger partial charge in [0.25, 0.3) is 5.91 Å². The highest BCUT2D eigenvalue weighted by Crippen LogP contribution is 2.30. The maximum Gasteiger partial charge on any atom is 0.251 e. The molecule has 3 rings (SSSR count). The molecule has 128 valence electrons. The van der Waals surface area contributed by atoms with Crippen LogP contribution in [0.25, 0.3) is 0 Å². The number of halogens is 2. The number of rotatable bonds is 5. The normalized spacial score (nSPS) is 16.2. The van der Waals surface area contributed by atoms with Crippen LogP contribution in [-0.4, -0.2) is 37.0 Å². The van der Waals surface area contributed by atoms with E-state index in [0.717, 1.165) is 19.6 Å². The molecule has 2 heterocycles. The number of benzene rings is 1. The molecule has 0 spiro atoms. The first-order valence-corrected chi connectivity index (χ1v) is 9.76. The Morgan fingerprint density at radius 2 is 2.00 bits per heavy atom. The number of carbonyl (C=O) groups is 1. The smallest absolute Gasteiger partial charge is 0.251 e. The third kappa shape index (κ3) is 4.51. The number of hydrogen-bond acceptors (Lipinski definition) is 3. The predicted molar refractivity (Wildman–Crippen MR) is 102 cm³/mol. The van der Waals surface area contributed by atoms with Gasteiger partial charge in [0.1, 0.15) is 0 Å². The topological polar surface area (TPSA) is 32.3 Å². The van der Waals surface area contributed by atoms with Gasteiger partial charge in [-0.25, -0.2) is 0 Å². The minimum absolute atomic E-state index is 0.109. The lowest BCUT2D eigenvalue weighted by Crippen LogP contribution is -2.39. The number of piperidine rings is 1. The van der Waals surface area contributed by atoms with Gasteiger partial charge in [0.2, 0.25) is 0 Å². The fraction of sp³-hybridized carbons (Fsp3) is 0.389. The van der Waals surface area contributed by atoms with Crippen molar-refractivity contribution in [2.75, 3.05) is 26.2 Å². The summed E-state index contributed by atoms with van der Waals surface area (Å²) in [6.45, 7) is 3.70. The van der Waals surface area contributed by atoms with Crippen LogP contribution in [0.15, 0.2) is 35.7 Å². The molecule has 0 aliphatic carbocycles. The standard InChI is InChI=1S/C18H20Cl2N2OS/c19-15-4-3-14(12-16(15)20)18(23)21-7-10-22-8-5-13(6-9-22)17-2-1-11-24-17/h1-4,11-13H,5-10H2,(H,21,23). The summed E-state index contributed by atoms with van der Waals surface area (Å²) in [5.74, 6) is 0.592. The molecule has 0 atom stereocenters. The number of thiophene rings is 1. The van der Waals surface area contributed by atoms with E-state index in [0.29, 0.717) is 28.1 Å². The molecule has 3 nitrogen and oxygen atoms in total. The summed E-state index contributed by atoms with van der Waals surface area (Å²) in [5, 5.41) is 5.97. The summed E-state index contributed by atoms with van der Waals surface area (Å²) >= 11 is 13.7. The number of likely N-dealkylation sites (tertiary alicyclic amines) is 1. The van der Waals surface area contributed by atoms with Gasteiger partial charge in [0.15, 0.2) is 0 Å². The zero-order chi connectivity index (χ0) is 16.9. The second kappa shape index (κ2) is 8.34. The summed E-state index contributed by atoms with van der Waals surface area (Å²) in [7, 11) is 0.